The van der Waals surface area contributed by atoms with E-state index in [1.807, 2.05) is 13.0 Å². The van der Waals surface area contributed by atoms with Gasteiger partial charge in [-0.05, 0) is 37.1 Å². The fourth-order valence-corrected chi connectivity index (χ4v) is 3.10. The van der Waals surface area contributed by atoms with Gasteiger partial charge in [-0.15, -0.1) is 0 Å². The molecule has 2 aromatic carbocycles. The monoisotopic (exact) mass is 339 g/mol. The maximum absolute atomic E-state index is 12.0. The summed E-state index contributed by atoms with van der Waals surface area (Å²) in [7, 11) is 0. The molecule has 1 aliphatic heterocycles. The van der Waals surface area contributed by atoms with Crippen LogP contribution < -0.4 is 15.8 Å². The van der Waals surface area contributed by atoms with Crippen LogP contribution in [0, 0.1) is 0 Å². The Kier molecular flexibility index (Phi) is 5.56. The van der Waals surface area contributed by atoms with Crippen molar-refractivity contribution in [3.05, 3.63) is 59.7 Å². The van der Waals surface area contributed by atoms with Crippen molar-refractivity contribution < 1.29 is 9.53 Å². The van der Waals surface area contributed by atoms with Gasteiger partial charge < -0.3 is 15.8 Å². The highest BCUT2D eigenvalue weighted by atomic mass is 16.5. The minimum atomic E-state index is -0.107. The van der Waals surface area contributed by atoms with Crippen molar-refractivity contribution in [1.29, 1.82) is 0 Å². The maximum Gasteiger partial charge on any atom is 0.251 e. The second-order valence-corrected chi connectivity index (χ2v) is 6.36. The average Bonchev–Trinajstić information content (AvgIpc) is 3.05. The molecule has 5 heteroatoms. The quantitative estimate of drug-likeness (QED) is 0.794. The lowest BCUT2D eigenvalue weighted by Crippen LogP contribution is -2.25. The molecule has 1 amide bonds. The molecule has 1 fully saturated rings. The van der Waals surface area contributed by atoms with Gasteiger partial charge in [-0.3, -0.25) is 9.69 Å². The Morgan fingerprint density at radius 2 is 2.08 bits per heavy atom. The molecule has 3 rings (SSSR count). The van der Waals surface area contributed by atoms with Crippen molar-refractivity contribution in [3.8, 4) is 5.75 Å². The van der Waals surface area contributed by atoms with Gasteiger partial charge in [0.25, 0.3) is 5.91 Å². The van der Waals surface area contributed by atoms with E-state index in [0.717, 1.165) is 26.1 Å². The molecule has 2 aromatic rings. The number of nitrogen functional groups attached to an aromatic ring is 1. The third-order valence-corrected chi connectivity index (χ3v) is 4.38. The average molecular weight is 339 g/mol. The topological polar surface area (TPSA) is 67.6 Å². The van der Waals surface area contributed by atoms with E-state index >= 15 is 0 Å². The number of amides is 1. The molecule has 0 aliphatic carbocycles. The molecule has 1 heterocycles. The predicted molar refractivity (Wildman–Crippen MR) is 99.6 cm³/mol. The Labute approximate surface area is 148 Å². The number of benzene rings is 2. The van der Waals surface area contributed by atoms with Crippen LogP contribution in [0.15, 0.2) is 48.5 Å². The predicted octanol–water partition coefficient (Wildman–Crippen LogP) is 2.67. The highest BCUT2D eigenvalue weighted by Crippen LogP contribution is 2.26. The minimum absolute atomic E-state index is 0.0931. The van der Waals surface area contributed by atoms with Gasteiger partial charge in [0.15, 0.2) is 0 Å². The van der Waals surface area contributed by atoms with Crippen LogP contribution >= 0.6 is 0 Å². The van der Waals surface area contributed by atoms with E-state index in [1.54, 1.807) is 18.2 Å². The Balaban J connectivity index is 1.61. The van der Waals surface area contributed by atoms with Crippen LogP contribution in [-0.2, 0) is 6.54 Å². The van der Waals surface area contributed by atoms with Crippen LogP contribution in [0.5, 0.6) is 5.75 Å². The van der Waals surface area contributed by atoms with Crippen LogP contribution in [0.4, 0.5) is 5.69 Å². The summed E-state index contributed by atoms with van der Waals surface area (Å²) in [5, 5.41) is 2.79. The zero-order valence-electron chi connectivity index (χ0n) is 14.6. The summed E-state index contributed by atoms with van der Waals surface area (Å²) in [6, 6.07) is 15.6. The van der Waals surface area contributed by atoms with Crippen LogP contribution in [0.3, 0.4) is 0 Å². The smallest absolute Gasteiger partial charge is 0.251 e. The molecule has 1 unspecified atom stereocenters. The molecule has 0 saturated carbocycles. The van der Waals surface area contributed by atoms with Gasteiger partial charge in [0.2, 0.25) is 0 Å². The number of nitrogens with two attached hydrogens (primary N) is 1. The molecule has 5 nitrogen and oxygen atoms in total. The van der Waals surface area contributed by atoms with Gasteiger partial charge in [-0.1, -0.05) is 30.3 Å². The number of nitrogens with one attached hydrogen (secondary N) is 1. The van der Waals surface area contributed by atoms with Crippen molar-refractivity contribution >= 4 is 11.6 Å². The first-order valence-electron chi connectivity index (χ1n) is 8.76. The Bertz CT molecular complexity index is 718. The molecule has 0 radical (unpaired) electrons. The van der Waals surface area contributed by atoms with E-state index in [4.69, 9.17) is 10.5 Å². The second kappa shape index (κ2) is 8.03. The summed E-state index contributed by atoms with van der Waals surface area (Å²) in [6.45, 7) is 5.27. The Morgan fingerprint density at radius 3 is 2.84 bits per heavy atom. The first-order chi connectivity index (χ1) is 12.2. The molecular weight excluding hydrogens is 314 g/mol. The molecule has 132 valence electrons. The zero-order valence-corrected chi connectivity index (χ0v) is 14.6. The van der Waals surface area contributed by atoms with Crippen LogP contribution in [0.1, 0.15) is 29.3 Å². The molecule has 25 heavy (non-hydrogen) atoms. The van der Waals surface area contributed by atoms with Crippen molar-refractivity contribution in [1.82, 2.24) is 10.2 Å². The first-order valence-corrected chi connectivity index (χ1v) is 8.76. The third kappa shape index (κ3) is 4.51. The van der Waals surface area contributed by atoms with Gasteiger partial charge in [-0.2, -0.15) is 0 Å². The SMILES string of the molecule is CCNC(=O)c1ccc(N)c(OC2CCN(Cc3ccccc3)C2)c1. The van der Waals surface area contributed by atoms with E-state index in [0.29, 0.717) is 23.5 Å². The van der Waals surface area contributed by atoms with Crippen molar-refractivity contribution in [2.45, 2.75) is 26.0 Å². The summed E-state index contributed by atoms with van der Waals surface area (Å²) in [6.07, 6.45) is 1.05. The summed E-state index contributed by atoms with van der Waals surface area (Å²) < 4.78 is 6.10. The summed E-state index contributed by atoms with van der Waals surface area (Å²) in [5.74, 6) is 0.486. The highest BCUT2D eigenvalue weighted by molar-refractivity contribution is 5.95. The number of rotatable bonds is 6. The first kappa shape index (κ1) is 17.3. The van der Waals surface area contributed by atoms with E-state index in [9.17, 15) is 4.79 Å². The van der Waals surface area contributed by atoms with Gasteiger partial charge in [0.1, 0.15) is 11.9 Å². The van der Waals surface area contributed by atoms with Crippen molar-refractivity contribution in [2.75, 3.05) is 25.4 Å². The molecule has 0 spiro atoms. The number of hydrogen-bond acceptors (Lipinski definition) is 4. The summed E-state index contributed by atoms with van der Waals surface area (Å²) in [4.78, 5) is 14.4. The highest BCUT2D eigenvalue weighted by Gasteiger charge is 2.24. The summed E-state index contributed by atoms with van der Waals surface area (Å²) in [5.41, 5.74) is 8.47. The normalized spacial score (nSPS) is 17.4. The fourth-order valence-electron chi connectivity index (χ4n) is 3.10. The minimum Gasteiger partial charge on any atom is -0.487 e. The summed E-state index contributed by atoms with van der Waals surface area (Å²) >= 11 is 0. The van der Waals surface area contributed by atoms with E-state index in [-0.39, 0.29) is 12.0 Å². The van der Waals surface area contributed by atoms with Crippen molar-refractivity contribution in [2.24, 2.45) is 0 Å². The zero-order chi connectivity index (χ0) is 17.6. The number of carbonyl (C=O) groups is 1. The molecule has 1 atom stereocenters. The van der Waals surface area contributed by atoms with Gasteiger partial charge in [-0.25, -0.2) is 0 Å². The molecule has 1 saturated heterocycles. The number of likely N-dealkylation sites (tertiary alicyclic amines) is 1. The van der Waals surface area contributed by atoms with E-state index < -0.39 is 0 Å². The fraction of sp³-hybridized carbons (Fsp3) is 0.350. The number of ether oxygens (including phenoxy) is 1. The standard InChI is InChI=1S/C20H25N3O2/c1-2-22-20(24)16-8-9-18(21)19(12-16)25-17-10-11-23(14-17)13-15-6-4-3-5-7-15/h3-9,12,17H,2,10-11,13-14,21H2,1H3,(H,22,24). The van der Waals surface area contributed by atoms with Gasteiger partial charge >= 0.3 is 0 Å². The molecule has 0 bridgehead atoms. The van der Waals surface area contributed by atoms with Crippen LogP contribution in [0.25, 0.3) is 0 Å². The Hall–Kier alpha value is -2.53. The lowest BCUT2D eigenvalue weighted by molar-refractivity contribution is 0.0955. The molecule has 3 N–H and O–H groups in total. The van der Waals surface area contributed by atoms with E-state index in [1.165, 1.54) is 5.56 Å². The van der Waals surface area contributed by atoms with Crippen LogP contribution in [0.2, 0.25) is 0 Å². The van der Waals surface area contributed by atoms with E-state index in [2.05, 4.69) is 34.5 Å². The van der Waals surface area contributed by atoms with Gasteiger partial charge in [0.05, 0.1) is 5.69 Å². The number of nitrogens with zero attached hydrogens (tertiary/aromatic N) is 1. The third-order valence-electron chi connectivity index (χ3n) is 4.38. The van der Waals surface area contributed by atoms with Crippen molar-refractivity contribution in [3.63, 3.8) is 0 Å². The lowest BCUT2D eigenvalue weighted by Gasteiger charge is -2.18. The Morgan fingerprint density at radius 1 is 1.28 bits per heavy atom. The molecule has 1 aliphatic rings. The van der Waals surface area contributed by atoms with Crippen LogP contribution in [-0.4, -0.2) is 36.5 Å². The number of anilines is 1. The second-order valence-electron chi connectivity index (χ2n) is 6.36. The van der Waals surface area contributed by atoms with Gasteiger partial charge in [0, 0.05) is 31.7 Å². The number of hydrogen-bond donors (Lipinski definition) is 2. The molecular formula is C20H25N3O2. The largest absolute Gasteiger partial charge is 0.487 e. The molecule has 0 aromatic heterocycles. The maximum atomic E-state index is 12.0. The number of carbonyl (C=O) groups excluding carboxylic acids is 1. The lowest BCUT2D eigenvalue weighted by atomic mass is 10.1.